The summed E-state index contributed by atoms with van der Waals surface area (Å²) in [5.41, 5.74) is 17.3. The molecule has 4 aromatic carbocycles. The van der Waals surface area contributed by atoms with E-state index in [2.05, 4.69) is 95.0 Å². The number of aromatic amines is 2. The van der Waals surface area contributed by atoms with Crippen LogP contribution in [-0.2, 0) is 49.9 Å². The van der Waals surface area contributed by atoms with E-state index in [0.29, 0.717) is 90.1 Å². The van der Waals surface area contributed by atoms with Crippen LogP contribution in [0, 0.1) is 36.0 Å². The maximum absolute atomic E-state index is 16.1. The van der Waals surface area contributed by atoms with Crippen molar-refractivity contribution in [3.63, 3.8) is 0 Å². The number of benzene rings is 4. The summed E-state index contributed by atoms with van der Waals surface area (Å²) in [6.45, 7) is 22.1. The summed E-state index contributed by atoms with van der Waals surface area (Å²) in [5.74, 6) is -0.461. The van der Waals surface area contributed by atoms with Crippen LogP contribution in [0.1, 0.15) is 224 Å². The van der Waals surface area contributed by atoms with Crippen molar-refractivity contribution in [2.75, 3.05) is 75.2 Å². The van der Waals surface area contributed by atoms with E-state index < -0.39 is 82.8 Å². The number of aromatic hydroxyl groups is 2. The van der Waals surface area contributed by atoms with Crippen LogP contribution in [0.5, 0.6) is 11.5 Å². The Morgan fingerprint density at radius 3 is 1.46 bits per heavy atom. The molecule has 1 spiro atoms. The molecule has 33 nitrogen and oxygen atoms in total. The van der Waals surface area contributed by atoms with Gasteiger partial charge in [-0.3, -0.25) is 24.0 Å². The first-order valence-electron chi connectivity index (χ1n) is 51.9. The number of β-amino-alcohol motifs (C(OH)–C–C–N with tert-alkyl or cyclic N) is 2. The number of carbonyl (C=O) groups excluding carboxylic acids is 6. The molecule has 758 valence electrons. The second-order valence-corrected chi connectivity index (χ2v) is 45.3. The highest BCUT2D eigenvalue weighted by atomic mass is 32.1. The van der Waals surface area contributed by atoms with E-state index in [-0.39, 0.29) is 98.7 Å². The van der Waals surface area contributed by atoms with Crippen molar-refractivity contribution in [2.45, 2.75) is 256 Å². The third-order valence-corrected chi connectivity index (χ3v) is 35.5. The van der Waals surface area contributed by atoms with E-state index in [4.69, 9.17) is 19.9 Å². The van der Waals surface area contributed by atoms with Gasteiger partial charge in [-0.15, -0.1) is 43.1 Å². The van der Waals surface area contributed by atoms with Crippen molar-refractivity contribution < 1.29 is 49.2 Å². The van der Waals surface area contributed by atoms with Gasteiger partial charge in [0.25, 0.3) is 0 Å². The molecule has 0 radical (unpaired) electrons. The number of amides is 7. The lowest BCUT2D eigenvalue weighted by atomic mass is 9.67. The quantitative estimate of drug-likeness (QED) is 0.0241. The number of piperidine rings is 2. The Labute approximate surface area is 852 Å². The smallest absolute Gasteiger partial charge is 0.318 e. The number of rotatable bonds is 26. The van der Waals surface area contributed by atoms with Crippen LogP contribution in [0.25, 0.3) is 65.5 Å². The van der Waals surface area contributed by atoms with Crippen LogP contribution in [0.3, 0.4) is 0 Å². The maximum atomic E-state index is 16.1. The van der Waals surface area contributed by atoms with Gasteiger partial charge in [-0.25, -0.2) is 34.7 Å². The van der Waals surface area contributed by atoms with Crippen molar-refractivity contribution in [2.24, 2.45) is 22.2 Å². The van der Waals surface area contributed by atoms with Crippen molar-refractivity contribution in [1.29, 1.82) is 0 Å². The fraction of sp³-hybridized carbons (Fsp3) is 0.491. The minimum atomic E-state index is -1.26. The predicted molar refractivity (Wildman–Crippen MR) is 556 cm³/mol. The Balaban J connectivity index is 0.481. The fourth-order valence-electron chi connectivity index (χ4n) is 24.8. The summed E-state index contributed by atoms with van der Waals surface area (Å²) in [5, 5.41) is 77.3. The molecular weight excluding hydrogens is 1870 g/mol. The molecular formula is C110H131N23O10S2. The molecule has 2 aliphatic carbocycles. The molecule has 2 saturated carbocycles. The maximum Gasteiger partial charge on any atom is 0.318 e. The van der Waals surface area contributed by atoms with Crippen LogP contribution in [0.15, 0.2) is 145 Å². The van der Waals surface area contributed by atoms with E-state index in [0.717, 1.165) is 198 Å². The molecule has 0 unspecified atom stereocenters. The number of nitrogens with zero attached hydrogens (tertiary/aromatic N) is 17. The second-order valence-electron chi connectivity index (χ2n) is 43.6. The topological polar surface area (TPSA) is 415 Å². The average Bonchev–Trinajstić information content (AvgIpc) is 1.65. The van der Waals surface area contributed by atoms with Gasteiger partial charge in [0.15, 0.2) is 11.3 Å². The molecule has 10 N–H and O–H groups in total. The van der Waals surface area contributed by atoms with Crippen LogP contribution in [0.4, 0.5) is 16.7 Å². The first kappa shape index (κ1) is 98.2. The Morgan fingerprint density at radius 2 is 0.979 bits per heavy atom. The number of hydrogen-bond acceptors (Lipinski definition) is 26. The van der Waals surface area contributed by atoms with Gasteiger partial charge in [0.1, 0.15) is 35.7 Å². The highest BCUT2D eigenvalue weighted by Gasteiger charge is 2.54. The Morgan fingerprint density at radius 1 is 0.517 bits per heavy atom. The summed E-state index contributed by atoms with van der Waals surface area (Å²) in [7, 11) is 0. The molecule has 0 bridgehead atoms. The number of anilines is 2. The number of aliphatic hydroxyl groups is 2. The van der Waals surface area contributed by atoms with E-state index in [1.165, 1.54) is 9.80 Å². The summed E-state index contributed by atoms with van der Waals surface area (Å²) in [6.07, 6.45) is 16.0. The van der Waals surface area contributed by atoms with E-state index in [9.17, 15) is 30.0 Å². The number of phenols is 2. The van der Waals surface area contributed by atoms with Crippen LogP contribution >= 0.6 is 22.7 Å². The Bertz CT molecular complexity index is 6770. The number of likely N-dealkylation sites (tertiary alicyclic amines) is 5. The molecule has 7 aliphatic heterocycles. The molecule has 21 rings (SSSR count). The van der Waals surface area contributed by atoms with Crippen LogP contribution < -0.4 is 31.1 Å². The number of hydrogen-bond donors (Lipinski definition) is 10. The molecule has 8 atom stereocenters. The molecule has 9 aliphatic rings. The third kappa shape index (κ3) is 20.1. The highest BCUT2D eigenvalue weighted by molar-refractivity contribution is 7.13. The van der Waals surface area contributed by atoms with Gasteiger partial charge in [0.2, 0.25) is 41.4 Å². The molecule has 15 heterocycles. The number of phenolic OH excluding ortho intramolecular Hbond substituents is 2. The first-order chi connectivity index (χ1) is 70.0. The Hall–Kier alpha value is -12.8. The number of thiazole rings is 2. The third-order valence-electron chi connectivity index (χ3n) is 33.5. The molecule has 35 heteroatoms. The highest BCUT2D eigenvalue weighted by Crippen LogP contribution is 2.49. The fourth-order valence-corrected chi connectivity index (χ4v) is 26.4. The second kappa shape index (κ2) is 40.9. The van der Waals surface area contributed by atoms with Crippen LogP contribution in [-0.4, -0.2) is 255 Å². The van der Waals surface area contributed by atoms with Crippen molar-refractivity contribution in [3.05, 3.63) is 201 Å². The van der Waals surface area contributed by atoms with Gasteiger partial charge < -0.3 is 86.0 Å². The van der Waals surface area contributed by atoms with Crippen molar-refractivity contribution >= 4 is 92.2 Å². The predicted octanol–water partition coefficient (Wildman–Crippen LogP) is 14.5. The van der Waals surface area contributed by atoms with Gasteiger partial charge in [0.05, 0.1) is 67.8 Å². The number of H-pyrrole nitrogens is 2. The standard InChI is InChI=1S/C110H131N23O10S2/c1-63-94(144-61-116-63)71-21-17-67(18-22-71)53-112-101(139)88-49-77(134)57-132(88)103(141)96(121-100(138)73-25-27-75(28-26-73)127-45-34-70(35-46-127)83-31-42-111-106(120-83)131-48-37-85-93(66(131)4)82-52-87(124-126-99(82)119-85)80-14-10-12-16-91(80)137)108(5,6)40-41-109(7,8)97(104(142)133-58-78(135)50-89(133)102(140)113-54-68-19-23-72(24-20-68)95-64(2)117-62-145-95)122-107(143)129-59-110(60-129)38-29-76(30-39-110)128-43-32-69(33-44-128)74-55-114-105(115-56-74)130-47-36-84-92(65(130)3)81-51-86(123-125-98(81)118-84)79-13-9-11-15-90(79)136/h9-24,31,42,51-52,55-56,61-62,65-66,69-70,73,75-78,88-89,96-97,134-137H,25-30,32-41,43-50,53-54,57-60H2,1-8H3,(H,112,139)(H,113,140)(H,118,125)(H,119,126)(H,121,138)(H,122,143)/t65-,66+,73?,75?,77-,78-,88+,89+,96-,97-/m1/s1. The lowest BCUT2D eigenvalue weighted by molar-refractivity contribution is -0.145. The van der Waals surface area contributed by atoms with Crippen LogP contribution in [0.2, 0.25) is 0 Å². The molecule has 5 saturated heterocycles. The van der Waals surface area contributed by atoms with E-state index in [1.807, 2.05) is 162 Å². The van der Waals surface area contributed by atoms with Crippen molar-refractivity contribution in [3.8, 4) is 54.9 Å². The summed E-state index contributed by atoms with van der Waals surface area (Å²) in [4.78, 5) is 145. The Kier molecular flexibility index (Phi) is 27.7. The normalized spacial score (nSPS) is 22.4. The number of para-hydroxylation sites is 2. The molecule has 8 aromatic heterocycles. The summed E-state index contributed by atoms with van der Waals surface area (Å²) >= 11 is 3.11. The van der Waals surface area contributed by atoms with Gasteiger partial charge >= 0.3 is 6.03 Å². The number of urea groups is 1. The number of aromatic nitrogens is 12. The minimum Gasteiger partial charge on any atom is -0.507 e. The van der Waals surface area contributed by atoms with E-state index in [1.54, 1.807) is 51.8 Å². The van der Waals surface area contributed by atoms with Gasteiger partial charge in [-0.2, -0.15) is 0 Å². The summed E-state index contributed by atoms with van der Waals surface area (Å²) < 4.78 is 0. The number of fused-ring (bicyclic) bond motifs is 6. The average molecular weight is 2000 g/mol. The van der Waals surface area contributed by atoms with Gasteiger partial charge in [-0.1, -0.05) is 100 Å². The number of nitrogens with one attached hydrogen (secondary N) is 6. The number of aliphatic hydroxyl groups excluding tert-OH is 2. The lowest BCUT2D eigenvalue weighted by Crippen LogP contribution is -2.66. The minimum absolute atomic E-state index is 0.0234. The summed E-state index contributed by atoms with van der Waals surface area (Å²) in [6, 6.07) is 31.6. The zero-order valence-corrected chi connectivity index (χ0v) is 85.4. The van der Waals surface area contributed by atoms with Gasteiger partial charge in [0, 0.05) is 176 Å². The monoisotopic (exact) mass is 2000 g/mol. The molecule has 12 aromatic rings. The number of carbonyl (C=O) groups is 6. The molecule has 7 fully saturated rings. The lowest BCUT2D eigenvalue weighted by Gasteiger charge is -2.55. The first-order valence-corrected chi connectivity index (χ1v) is 53.6. The zero-order valence-electron chi connectivity index (χ0n) is 83.7. The SMILES string of the molecule is Cc1ncsc1-c1ccc(CNC(=O)[C@@H]2C[C@@H](O)CN2C(=O)[C@@H](NC(=O)C2CCC(N3CCC(c4ccnc(N5CCc6[nH]c7nnc(-c8ccccc8O)cc7c6[C@@H]5C)n4)CC3)CC2)C(C)(C)CCC(C)(C)[C@H](NC(=O)N2CC3(CCC(N4CCC(c5cnc(N6CCc7[nH]c8nnc(-c9ccccc9O)cc8c7[C@H]6C)nc5)CC4)CC3)C2)C(=O)N2C[C@H](O)C[C@H]2C(=O)NCc2ccc(-c3scnc3C)cc2)cc1. The largest absolute Gasteiger partial charge is 0.507 e. The van der Waals surface area contributed by atoms with Gasteiger partial charge in [-0.05, 0) is 231 Å². The molecule has 145 heavy (non-hydrogen) atoms. The number of aryl methyl sites for hydroxylation is 2. The zero-order chi connectivity index (χ0) is 100. The van der Waals surface area contributed by atoms with Crippen molar-refractivity contribution in [1.82, 2.24) is 106 Å². The molecule has 7 amide bonds. The van der Waals surface area contributed by atoms with E-state index >= 15 is 19.2 Å².